The van der Waals surface area contributed by atoms with Crippen LogP contribution in [-0.4, -0.2) is 37.1 Å². The molecule has 2 aromatic heterocycles. The van der Waals surface area contributed by atoms with E-state index in [9.17, 15) is 4.79 Å². The van der Waals surface area contributed by atoms with Crippen molar-refractivity contribution in [3.63, 3.8) is 0 Å². The molecular formula is C19H23N5O. The zero-order chi connectivity index (χ0) is 17.2. The number of amides is 1. The Morgan fingerprint density at radius 1 is 1.36 bits per heavy atom. The molecule has 25 heavy (non-hydrogen) atoms. The van der Waals surface area contributed by atoms with Crippen LogP contribution in [0.15, 0.2) is 36.7 Å². The Kier molecular flexibility index (Phi) is 4.26. The fourth-order valence-electron chi connectivity index (χ4n) is 3.60. The summed E-state index contributed by atoms with van der Waals surface area (Å²) in [6, 6.07) is 8.15. The number of carbonyl (C=O) groups excluding carboxylic acids is 1. The first-order valence-electron chi connectivity index (χ1n) is 8.94. The number of fused-ring (bicyclic) bond motifs is 1. The van der Waals surface area contributed by atoms with Crippen molar-refractivity contribution in [3.05, 3.63) is 48.0 Å². The van der Waals surface area contributed by atoms with E-state index >= 15 is 0 Å². The van der Waals surface area contributed by atoms with Crippen molar-refractivity contribution in [2.24, 2.45) is 0 Å². The second kappa shape index (κ2) is 6.70. The van der Waals surface area contributed by atoms with Crippen LogP contribution in [0.5, 0.6) is 0 Å². The number of hydrogen-bond acceptors (Lipinski definition) is 3. The van der Waals surface area contributed by atoms with Crippen LogP contribution < -0.4 is 0 Å². The number of aromatic amines is 1. The van der Waals surface area contributed by atoms with E-state index in [0.29, 0.717) is 13.0 Å². The van der Waals surface area contributed by atoms with Gasteiger partial charge in [-0.15, -0.1) is 0 Å². The number of benzene rings is 1. The lowest BCUT2D eigenvalue weighted by Crippen LogP contribution is -2.39. The summed E-state index contributed by atoms with van der Waals surface area (Å²) in [6.45, 7) is 3.50. The largest absolute Gasteiger partial charge is 0.340 e. The standard InChI is InChI=1S/C19H23N5O/c1-14-6-7-15-16(13-14)22-19(21-15)17-5-2-3-11-24(17)18(25)8-12-23-10-4-9-20-23/h4,6-7,9-10,13,17H,2-3,5,8,11-12H2,1H3,(H,21,22). The predicted molar refractivity (Wildman–Crippen MR) is 96.0 cm³/mol. The Bertz CT molecular complexity index is 867. The Hall–Kier alpha value is -2.63. The molecule has 0 bridgehead atoms. The normalized spacial score (nSPS) is 18.0. The number of carbonyl (C=O) groups is 1. The van der Waals surface area contributed by atoms with Gasteiger partial charge in [0.15, 0.2) is 0 Å². The minimum atomic E-state index is 0.0478. The zero-order valence-electron chi connectivity index (χ0n) is 14.5. The highest BCUT2D eigenvalue weighted by molar-refractivity contribution is 5.78. The number of imidazole rings is 1. The van der Waals surface area contributed by atoms with Gasteiger partial charge in [-0.3, -0.25) is 9.48 Å². The van der Waals surface area contributed by atoms with Crippen molar-refractivity contribution < 1.29 is 4.79 Å². The molecule has 6 nitrogen and oxygen atoms in total. The third-order valence-electron chi connectivity index (χ3n) is 4.91. The number of nitrogens with zero attached hydrogens (tertiary/aromatic N) is 4. The summed E-state index contributed by atoms with van der Waals surface area (Å²) >= 11 is 0. The maximum absolute atomic E-state index is 12.8. The first-order valence-corrected chi connectivity index (χ1v) is 8.94. The Labute approximate surface area is 146 Å². The van der Waals surface area contributed by atoms with Crippen molar-refractivity contribution >= 4 is 16.9 Å². The van der Waals surface area contributed by atoms with Crippen LogP contribution >= 0.6 is 0 Å². The van der Waals surface area contributed by atoms with Gasteiger partial charge in [0.1, 0.15) is 5.82 Å². The summed E-state index contributed by atoms with van der Waals surface area (Å²) < 4.78 is 1.81. The number of piperidine rings is 1. The second-order valence-electron chi connectivity index (χ2n) is 6.76. The molecule has 0 aliphatic carbocycles. The van der Waals surface area contributed by atoms with E-state index in [0.717, 1.165) is 42.7 Å². The third kappa shape index (κ3) is 3.29. The maximum atomic E-state index is 12.8. The summed E-state index contributed by atoms with van der Waals surface area (Å²) in [7, 11) is 0. The molecule has 6 heteroatoms. The molecule has 0 spiro atoms. The van der Waals surface area contributed by atoms with Crippen LogP contribution in [0, 0.1) is 6.92 Å². The number of rotatable bonds is 4. The van der Waals surface area contributed by atoms with Crippen LogP contribution in [0.25, 0.3) is 11.0 Å². The first-order chi connectivity index (χ1) is 12.2. The summed E-state index contributed by atoms with van der Waals surface area (Å²) in [4.78, 5) is 23.0. The maximum Gasteiger partial charge on any atom is 0.225 e. The minimum absolute atomic E-state index is 0.0478. The average Bonchev–Trinajstić information content (AvgIpc) is 3.28. The lowest BCUT2D eigenvalue weighted by atomic mass is 10.0. The van der Waals surface area contributed by atoms with Gasteiger partial charge in [-0.2, -0.15) is 5.10 Å². The number of likely N-dealkylation sites (tertiary alicyclic amines) is 1. The smallest absolute Gasteiger partial charge is 0.225 e. The summed E-state index contributed by atoms with van der Waals surface area (Å²) in [5.74, 6) is 1.09. The van der Waals surface area contributed by atoms with Gasteiger partial charge in [0.05, 0.1) is 17.1 Å². The second-order valence-corrected chi connectivity index (χ2v) is 6.76. The Balaban J connectivity index is 1.54. The number of aromatic nitrogens is 4. The number of H-pyrrole nitrogens is 1. The van der Waals surface area contributed by atoms with Crippen LogP contribution in [0.3, 0.4) is 0 Å². The summed E-state index contributed by atoms with van der Waals surface area (Å²) in [6.07, 6.45) is 7.25. The van der Waals surface area contributed by atoms with E-state index < -0.39 is 0 Å². The van der Waals surface area contributed by atoms with Gasteiger partial charge in [-0.25, -0.2) is 4.98 Å². The van der Waals surface area contributed by atoms with E-state index in [1.807, 2.05) is 23.2 Å². The topological polar surface area (TPSA) is 66.8 Å². The monoisotopic (exact) mass is 337 g/mol. The lowest BCUT2D eigenvalue weighted by Gasteiger charge is -2.34. The predicted octanol–water partition coefficient (Wildman–Crippen LogP) is 3.21. The molecule has 1 aliphatic heterocycles. The molecule has 1 amide bonds. The fourth-order valence-corrected chi connectivity index (χ4v) is 3.60. The van der Waals surface area contributed by atoms with Gasteiger partial charge >= 0.3 is 0 Å². The van der Waals surface area contributed by atoms with Gasteiger partial charge < -0.3 is 9.88 Å². The van der Waals surface area contributed by atoms with Crippen molar-refractivity contribution in [3.8, 4) is 0 Å². The number of hydrogen-bond donors (Lipinski definition) is 1. The molecule has 1 saturated heterocycles. The van der Waals surface area contributed by atoms with Crippen molar-refractivity contribution in [1.82, 2.24) is 24.6 Å². The Morgan fingerprint density at radius 2 is 2.28 bits per heavy atom. The van der Waals surface area contributed by atoms with Crippen molar-refractivity contribution in [1.29, 1.82) is 0 Å². The summed E-state index contributed by atoms with van der Waals surface area (Å²) in [5.41, 5.74) is 3.22. The van der Waals surface area contributed by atoms with Gasteiger partial charge in [-0.05, 0) is 49.9 Å². The van der Waals surface area contributed by atoms with E-state index in [1.165, 1.54) is 5.56 Å². The van der Waals surface area contributed by atoms with Crippen LogP contribution in [0.2, 0.25) is 0 Å². The third-order valence-corrected chi connectivity index (χ3v) is 4.91. The molecule has 4 rings (SSSR count). The molecule has 1 unspecified atom stereocenters. The number of aryl methyl sites for hydroxylation is 2. The van der Waals surface area contributed by atoms with Crippen molar-refractivity contribution in [2.45, 2.75) is 45.2 Å². The SMILES string of the molecule is Cc1ccc2nc(C3CCCCN3C(=O)CCn3cccn3)[nH]c2c1. The molecule has 3 aromatic rings. The number of nitrogens with one attached hydrogen (secondary N) is 1. The van der Waals surface area contributed by atoms with Crippen LogP contribution in [-0.2, 0) is 11.3 Å². The molecule has 0 saturated carbocycles. The van der Waals surface area contributed by atoms with Crippen LogP contribution in [0.4, 0.5) is 0 Å². The minimum Gasteiger partial charge on any atom is -0.340 e. The molecular weight excluding hydrogens is 314 g/mol. The highest BCUT2D eigenvalue weighted by atomic mass is 16.2. The molecule has 130 valence electrons. The van der Waals surface area contributed by atoms with E-state index in [1.54, 1.807) is 10.9 Å². The lowest BCUT2D eigenvalue weighted by molar-refractivity contribution is -0.135. The van der Waals surface area contributed by atoms with Gasteiger partial charge in [0, 0.05) is 31.9 Å². The molecule has 1 atom stereocenters. The van der Waals surface area contributed by atoms with Gasteiger partial charge in [-0.1, -0.05) is 6.07 Å². The van der Waals surface area contributed by atoms with Crippen molar-refractivity contribution in [2.75, 3.05) is 6.54 Å². The van der Waals surface area contributed by atoms with E-state index in [4.69, 9.17) is 4.98 Å². The molecule has 1 N–H and O–H groups in total. The quantitative estimate of drug-likeness (QED) is 0.795. The van der Waals surface area contributed by atoms with Crippen LogP contribution in [0.1, 0.15) is 43.1 Å². The zero-order valence-corrected chi connectivity index (χ0v) is 14.5. The molecule has 1 fully saturated rings. The highest BCUT2D eigenvalue weighted by Gasteiger charge is 2.29. The first kappa shape index (κ1) is 15.9. The molecule has 1 aliphatic rings. The Morgan fingerprint density at radius 3 is 3.12 bits per heavy atom. The molecule has 1 aromatic carbocycles. The molecule has 3 heterocycles. The van der Waals surface area contributed by atoms with E-state index in [2.05, 4.69) is 29.1 Å². The molecule has 0 radical (unpaired) electrons. The summed E-state index contributed by atoms with van der Waals surface area (Å²) in [5, 5.41) is 4.17. The van der Waals surface area contributed by atoms with E-state index in [-0.39, 0.29) is 11.9 Å². The fraction of sp³-hybridized carbons (Fsp3) is 0.421. The average molecular weight is 337 g/mol. The highest BCUT2D eigenvalue weighted by Crippen LogP contribution is 2.31. The van der Waals surface area contributed by atoms with Gasteiger partial charge in [0.2, 0.25) is 5.91 Å². The van der Waals surface area contributed by atoms with Gasteiger partial charge in [0.25, 0.3) is 0 Å².